The van der Waals surface area contributed by atoms with Crippen LogP contribution in [0.4, 0.5) is 5.69 Å². The van der Waals surface area contributed by atoms with Gasteiger partial charge in [-0.05, 0) is 24.6 Å². The van der Waals surface area contributed by atoms with Crippen LogP contribution in [0.15, 0.2) is 35.3 Å². The Bertz CT molecular complexity index is 539. The summed E-state index contributed by atoms with van der Waals surface area (Å²) in [4.78, 5) is 15.6. The van der Waals surface area contributed by atoms with E-state index in [1.54, 1.807) is 11.0 Å². The number of carbonyl (C=O) groups is 1. The average Bonchev–Trinajstić information content (AvgIpc) is 2.86. The third kappa shape index (κ3) is 3.16. The molecule has 18 heavy (non-hydrogen) atoms. The van der Waals surface area contributed by atoms with E-state index in [1.165, 1.54) is 6.33 Å². The van der Waals surface area contributed by atoms with E-state index in [2.05, 4.69) is 31.3 Å². The summed E-state index contributed by atoms with van der Waals surface area (Å²) in [5.74, 6) is -0.0355. The highest BCUT2D eigenvalue weighted by Crippen LogP contribution is 2.23. The molecule has 0 aliphatic rings. The molecular weight excluding hydrogens is 296 g/mol. The maximum atomic E-state index is 11.8. The van der Waals surface area contributed by atoms with Crippen LogP contribution in [0.5, 0.6) is 0 Å². The largest absolute Gasteiger partial charge is 0.326 e. The lowest BCUT2D eigenvalue weighted by Gasteiger charge is -2.09. The number of carbonyl (C=O) groups excluding carboxylic acids is 1. The molecule has 0 radical (unpaired) electrons. The molecule has 1 N–H and O–H groups in total. The molecule has 0 spiro atoms. The van der Waals surface area contributed by atoms with Gasteiger partial charge in [0.15, 0.2) is 0 Å². The smallest absolute Gasteiger partial charge is 0.226 e. The van der Waals surface area contributed by atoms with Crippen molar-refractivity contribution in [2.75, 3.05) is 5.32 Å². The first-order chi connectivity index (χ1) is 8.66. The molecule has 0 unspecified atom stereocenters. The van der Waals surface area contributed by atoms with Crippen molar-refractivity contribution in [3.63, 3.8) is 0 Å². The number of nitrogens with one attached hydrogen (secondary N) is 1. The van der Waals surface area contributed by atoms with E-state index in [-0.39, 0.29) is 5.91 Å². The maximum Gasteiger partial charge on any atom is 0.226 e. The quantitative estimate of drug-likeness (QED) is 0.943. The van der Waals surface area contributed by atoms with Crippen LogP contribution in [0.2, 0.25) is 0 Å². The molecule has 0 aliphatic carbocycles. The standard InChI is InChI=1S/C12H13BrN4O/c1-9-10(13)3-2-4-11(9)16-12(18)5-6-17-8-14-7-15-17/h2-4,7-8H,5-6H2,1H3,(H,16,18). The maximum absolute atomic E-state index is 11.8. The van der Waals surface area contributed by atoms with Crippen LogP contribution >= 0.6 is 15.9 Å². The second kappa shape index (κ2) is 5.77. The first-order valence-corrected chi connectivity index (χ1v) is 6.33. The van der Waals surface area contributed by atoms with Crippen LogP contribution in [0.3, 0.4) is 0 Å². The lowest BCUT2D eigenvalue weighted by molar-refractivity contribution is -0.116. The lowest BCUT2D eigenvalue weighted by atomic mass is 10.2. The minimum absolute atomic E-state index is 0.0355. The molecule has 1 heterocycles. The number of aromatic nitrogens is 3. The number of aryl methyl sites for hydroxylation is 1. The molecule has 6 heteroatoms. The Balaban J connectivity index is 1.93. The fraction of sp³-hybridized carbons (Fsp3) is 0.250. The number of halogens is 1. The van der Waals surface area contributed by atoms with Crippen molar-refractivity contribution in [1.82, 2.24) is 14.8 Å². The fourth-order valence-corrected chi connectivity index (χ4v) is 1.89. The molecule has 0 saturated heterocycles. The van der Waals surface area contributed by atoms with Gasteiger partial charge < -0.3 is 5.32 Å². The zero-order valence-electron chi connectivity index (χ0n) is 9.93. The fourth-order valence-electron chi connectivity index (χ4n) is 1.52. The van der Waals surface area contributed by atoms with Crippen molar-refractivity contribution in [2.45, 2.75) is 19.9 Å². The van der Waals surface area contributed by atoms with Gasteiger partial charge in [-0.3, -0.25) is 9.48 Å². The molecule has 5 nitrogen and oxygen atoms in total. The van der Waals surface area contributed by atoms with Gasteiger partial charge in [0.25, 0.3) is 0 Å². The number of anilines is 1. The van der Waals surface area contributed by atoms with Crippen molar-refractivity contribution in [1.29, 1.82) is 0 Å². The number of benzene rings is 1. The number of hydrogen-bond acceptors (Lipinski definition) is 3. The van der Waals surface area contributed by atoms with E-state index >= 15 is 0 Å². The second-order valence-corrected chi connectivity index (χ2v) is 4.72. The number of amides is 1. The van der Waals surface area contributed by atoms with Crippen molar-refractivity contribution >= 4 is 27.5 Å². The summed E-state index contributed by atoms with van der Waals surface area (Å²) in [7, 11) is 0. The number of hydrogen-bond donors (Lipinski definition) is 1. The Morgan fingerprint density at radius 2 is 2.33 bits per heavy atom. The summed E-state index contributed by atoms with van der Waals surface area (Å²) in [6.07, 6.45) is 3.42. The molecule has 0 fully saturated rings. The SMILES string of the molecule is Cc1c(Br)cccc1NC(=O)CCn1cncn1. The molecule has 0 atom stereocenters. The predicted octanol–water partition coefficient (Wildman–Crippen LogP) is 2.38. The minimum Gasteiger partial charge on any atom is -0.326 e. The van der Waals surface area contributed by atoms with E-state index < -0.39 is 0 Å². The topological polar surface area (TPSA) is 59.8 Å². The van der Waals surface area contributed by atoms with Crippen molar-refractivity contribution in [2.24, 2.45) is 0 Å². The molecule has 94 valence electrons. The highest BCUT2D eigenvalue weighted by molar-refractivity contribution is 9.10. The second-order valence-electron chi connectivity index (χ2n) is 3.87. The van der Waals surface area contributed by atoms with E-state index in [9.17, 15) is 4.79 Å². The first kappa shape index (κ1) is 12.8. The van der Waals surface area contributed by atoms with E-state index in [0.717, 1.165) is 15.7 Å². The summed E-state index contributed by atoms with van der Waals surface area (Å²) in [6, 6.07) is 5.72. The normalized spacial score (nSPS) is 10.3. The van der Waals surface area contributed by atoms with Crippen LogP contribution in [0.25, 0.3) is 0 Å². The summed E-state index contributed by atoms with van der Waals surface area (Å²) < 4.78 is 2.62. The van der Waals surface area contributed by atoms with Gasteiger partial charge in [-0.1, -0.05) is 22.0 Å². The monoisotopic (exact) mass is 308 g/mol. The highest BCUT2D eigenvalue weighted by Gasteiger charge is 2.06. The van der Waals surface area contributed by atoms with E-state index in [1.807, 2.05) is 25.1 Å². The molecule has 1 aromatic carbocycles. The molecule has 2 aromatic rings. The Morgan fingerprint density at radius 1 is 1.50 bits per heavy atom. The number of nitrogens with zero attached hydrogens (tertiary/aromatic N) is 3. The molecule has 0 saturated carbocycles. The Labute approximate surface area is 113 Å². The molecule has 0 aliphatic heterocycles. The highest BCUT2D eigenvalue weighted by atomic mass is 79.9. The van der Waals surface area contributed by atoms with Crippen molar-refractivity contribution in [3.05, 3.63) is 40.9 Å². The van der Waals surface area contributed by atoms with Crippen LogP contribution in [-0.2, 0) is 11.3 Å². The molecule has 2 rings (SSSR count). The van der Waals surface area contributed by atoms with Gasteiger partial charge in [-0.25, -0.2) is 4.98 Å². The third-order valence-corrected chi connectivity index (χ3v) is 3.44. The Kier molecular flexibility index (Phi) is 4.09. The van der Waals surface area contributed by atoms with Gasteiger partial charge in [0.05, 0.1) is 6.54 Å². The van der Waals surface area contributed by atoms with E-state index in [0.29, 0.717) is 13.0 Å². The molecule has 1 amide bonds. The molecule has 0 bridgehead atoms. The molecule has 1 aromatic heterocycles. The summed E-state index contributed by atoms with van der Waals surface area (Å²) in [6.45, 7) is 2.48. The van der Waals surface area contributed by atoms with Crippen LogP contribution in [0.1, 0.15) is 12.0 Å². The minimum atomic E-state index is -0.0355. The van der Waals surface area contributed by atoms with Crippen LogP contribution in [-0.4, -0.2) is 20.7 Å². The summed E-state index contributed by atoms with van der Waals surface area (Å²) >= 11 is 3.43. The van der Waals surface area contributed by atoms with Gasteiger partial charge in [0.1, 0.15) is 12.7 Å². The van der Waals surface area contributed by atoms with Crippen LogP contribution in [0, 0.1) is 6.92 Å². The van der Waals surface area contributed by atoms with E-state index in [4.69, 9.17) is 0 Å². The summed E-state index contributed by atoms with van der Waals surface area (Å²) in [5.41, 5.74) is 1.85. The summed E-state index contributed by atoms with van der Waals surface area (Å²) in [5, 5.41) is 6.83. The molecular formula is C12H13BrN4O. The van der Waals surface area contributed by atoms with Gasteiger partial charge >= 0.3 is 0 Å². The third-order valence-electron chi connectivity index (χ3n) is 2.58. The lowest BCUT2D eigenvalue weighted by Crippen LogP contribution is -2.15. The zero-order chi connectivity index (χ0) is 13.0. The Morgan fingerprint density at radius 3 is 3.06 bits per heavy atom. The Hall–Kier alpha value is -1.69. The van der Waals surface area contributed by atoms with Gasteiger partial charge in [-0.15, -0.1) is 0 Å². The van der Waals surface area contributed by atoms with Gasteiger partial charge in [0.2, 0.25) is 5.91 Å². The average molecular weight is 309 g/mol. The van der Waals surface area contributed by atoms with Crippen molar-refractivity contribution < 1.29 is 4.79 Å². The van der Waals surface area contributed by atoms with Gasteiger partial charge in [0, 0.05) is 16.6 Å². The van der Waals surface area contributed by atoms with Gasteiger partial charge in [-0.2, -0.15) is 5.10 Å². The predicted molar refractivity (Wildman–Crippen MR) is 72.1 cm³/mol. The zero-order valence-corrected chi connectivity index (χ0v) is 11.5. The first-order valence-electron chi connectivity index (χ1n) is 5.54. The van der Waals surface area contributed by atoms with Crippen LogP contribution < -0.4 is 5.32 Å². The van der Waals surface area contributed by atoms with Crippen molar-refractivity contribution in [3.8, 4) is 0 Å². The number of rotatable bonds is 4.